The largest absolute Gasteiger partial charge is 0.304 e. The van der Waals surface area contributed by atoms with Crippen LogP contribution in [0, 0.1) is 11.8 Å². The van der Waals surface area contributed by atoms with E-state index in [4.69, 9.17) is 0 Å². The number of nitrogens with zero attached hydrogens (tertiary/aromatic N) is 1. The van der Waals surface area contributed by atoms with Crippen LogP contribution in [0.25, 0.3) is 0 Å². The number of rotatable bonds is 4. The van der Waals surface area contributed by atoms with Crippen LogP contribution in [-0.2, 0) is 0 Å². The summed E-state index contributed by atoms with van der Waals surface area (Å²) in [5.41, 5.74) is 0. The highest BCUT2D eigenvalue weighted by molar-refractivity contribution is 4.74. The molecule has 94 valence electrons. The molecule has 1 aliphatic heterocycles. The van der Waals surface area contributed by atoms with Crippen LogP contribution in [0.4, 0.5) is 0 Å². The Morgan fingerprint density at radius 3 is 1.94 bits per heavy atom. The fourth-order valence-electron chi connectivity index (χ4n) is 3.54. The van der Waals surface area contributed by atoms with Gasteiger partial charge in [-0.2, -0.15) is 0 Å². The van der Waals surface area contributed by atoms with Gasteiger partial charge in [0.1, 0.15) is 0 Å². The van der Waals surface area contributed by atoms with Crippen LogP contribution < -0.4 is 0 Å². The molecule has 1 saturated heterocycles. The van der Waals surface area contributed by atoms with Gasteiger partial charge in [-0.25, -0.2) is 0 Å². The zero-order valence-electron chi connectivity index (χ0n) is 11.1. The maximum atomic E-state index is 2.61. The second-order valence-electron chi connectivity index (χ2n) is 5.96. The summed E-state index contributed by atoms with van der Waals surface area (Å²) < 4.78 is 0. The van der Waals surface area contributed by atoms with Gasteiger partial charge < -0.3 is 4.90 Å². The van der Waals surface area contributed by atoms with Gasteiger partial charge in [-0.3, -0.25) is 0 Å². The van der Waals surface area contributed by atoms with Crippen molar-refractivity contribution >= 4 is 0 Å². The molecule has 0 spiro atoms. The molecule has 0 unspecified atom stereocenters. The van der Waals surface area contributed by atoms with Crippen molar-refractivity contribution in [1.29, 1.82) is 0 Å². The van der Waals surface area contributed by atoms with Gasteiger partial charge in [-0.1, -0.05) is 51.9 Å². The van der Waals surface area contributed by atoms with Crippen molar-refractivity contribution in [1.82, 2.24) is 4.90 Å². The van der Waals surface area contributed by atoms with Gasteiger partial charge >= 0.3 is 0 Å². The average Bonchev–Trinajstić information content (AvgIpc) is 2.38. The van der Waals surface area contributed by atoms with E-state index in [0.29, 0.717) is 0 Å². The summed E-state index contributed by atoms with van der Waals surface area (Å²) in [4.78, 5) is 2.61. The highest BCUT2D eigenvalue weighted by Gasteiger charge is 2.20. The second-order valence-corrected chi connectivity index (χ2v) is 5.96. The molecule has 2 fully saturated rings. The first kappa shape index (κ1) is 12.4. The van der Waals surface area contributed by atoms with Crippen LogP contribution in [0.5, 0.6) is 0 Å². The van der Waals surface area contributed by atoms with Crippen molar-refractivity contribution < 1.29 is 0 Å². The van der Waals surface area contributed by atoms with Crippen LogP contribution in [-0.4, -0.2) is 24.5 Å². The Kier molecular flexibility index (Phi) is 5.15. The summed E-state index contributed by atoms with van der Waals surface area (Å²) in [5.74, 6) is 2.16. The van der Waals surface area contributed by atoms with Crippen LogP contribution in [0.15, 0.2) is 0 Å². The summed E-state index contributed by atoms with van der Waals surface area (Å²) in [6.45, 7) is 6.29. The van der Waals surface area contributed by atoms with Crippen molar-refractivity contribution in [2.45, 2.75) is 64.7 Å². The van der Waals surface area contributed by atoms with E-state index in [0.717, 1.165) is 11.8 Å². The lowest BCUT2D eigenvalue weighted by Crippen LogP contribution is -2.33. The van der Waals surface area contributed by atoms with Crippen LogP contribution in [0.3, 0.4) is 0 Å². The van der Waals surface area contributed by atoms with Crippen LogP contribution in [0.2, 0.25) is 0 Å². The van der Waals surface area contributed by atoms with Gasteiger partial charge in [0, 0.05) is 0 Å². The maximum Gasteiger partial charge on any atom is -0.00162 e. The van der Waals surface area contributed by atoms with E-state index in [1.54, 1.807) is 0 Å². The highest BCUT2D eigenvalue weighted by Crippen LogP contribution is 2.31. The van der Waals surface area contributed by atoms with Crippen molar-refractivity contribution in [3.8, 4) is 0 Å². The van der Waals surface area contributed by atoms with Gasteiger partial charge in [0.15, 0.2) is 0 Å². The lowest BCUT2D eigenvalue weighted by molar-refractivity contribution is 0.177. The molecule has 0 aromatic carbocycles. The summed E-state index contributed by atoms with van der Waals surface area (Å²) in [7, 11) is 0. The van der Waals surface area contributed by atoms with Gasteiger partial charge in [-0.15, -0.1) is 0 Å². The smallest absolute Gasteiger partial charge is 0.00162 e. The van der Waals surface area contributed by atoms with E-state index < -0.39 is 0 Å². The van der Waals surface area contributed by atoms with E-state index in [1.165, 1.54) is 77.4 Å². The quantitative estimate of drug-likeness (QED) is 0.694. The number of likely N-dealkylation sites (tertiary alicyclic amines) is 1. The Bertz CT molecular complexity index is 176. The lowest BCUT2D eigenvalue weighted by Gasteiger charge is -2.32. The molecule has 0 N–H and O–H groups in total. The first-order chi connectivity index (χ1) is 7.88. The Hall–Kier alpha value is -0.0400. The second kappa shape index (κ2) is 6.64. The summed E-state index contributed by atoms with van der Waals surface area (Å²) in [6.07, 6.45) is 13.6. The zero-order chi connectivity index (χ0) is 11.2. The average molecular weight is 223 g/mol. The topological polar surface area (TPSA) is 3.24 Å². The fourth-order valence-corrected chi connectivity index (χ4v) is 3.54. The SMILES string of the molecule is CCN1CCC(CCC2CCCCC2)CC1. The Labute approximate surface area is 102 Å². The summed E-state index contributed by atoms with van der Waals surface area (Å²) >= 11 is 0. The molecular formula is C15H29N. The third-order valence-electron chi connectivity index (χ3n) is 4.86. The molecular weight excluding hydrogens is 194 g/mol. The Morgan fingerprint density at radius 2 is 1.38 bits per heavy atom. The van der Waals surface area contributed by atoms with Gasteiger partial charge in [0.2, 0.25) is 0 Å². The molecule has 0 radical (unpaired) electrons. The van der Waals surface area contributed by atoms with Crippen LogP contribution >= 0.6 is 0 Å². The summed E-state index contributed by atoms with van der Waals surface area (Å²) in [6, 6.07) is 0. The zero-order valence-corrected chi connectivity index (χ0v) is 11.1. The molecule has 2 rings (SSSR count). The molecule has 1 heteroatoms. The molecule has 0 atom stereocenters. The minimum Gasteiger partial charge on any atom is -0.304 e. The van der Waals surface area contributed by atoms with Crippen molar-refractivity contribution in [3.63, 3.8) is 0 Å². The lowest BCUT2D eigenvalue weighted by atomic mass is 9.82. The monoisotopic (exact) mass is 223 g/mol. The van der Waals surface area contributed by atoms with Crippen molar-refractivity contribution in [3.05, 3.63) is 0 Å². The Balaban J connectivity index is 1.59. The standard InChI is InChI=1S/C15H29N/c1-2-16-12-10-15(11-13-16)9-8-14-6-4-3-5-7-14/h14-15H,2-13H2,1H3. The molecule has 2 aliphatic rings. The third-order valence-corrected chi connectivity index (χ3v) is 4.86. The minimum absolute atomic E-state index is 1.06. The predicted molar refractivity (Wildman–Crippen MR) is 70.6 cm³/mol. The number of hydrogen-bond acceptors (Lipinski definition) is 1. The highest BCUT2D eigenvalue weighted by atomic mass is 15.1. The fraction of sp³-hybridized carbons (Fsp3) is 1.00. The van der Waals surface area contributed by atoms with Gasteiger partial charge in [0.25, 0.3) is 0 Å². The normalized spacial score (nSPS) is 26.1. The predicted octanol–water partition coefficient (Wildman–Crippen LogP) is 4.08. The molecule has 1 aliphatic carbocycles. The van der Waals surface area contributed by atoms with Crippen molar-refractivity contribution in [2.24, 2.45) is 11.8 Å². The Morgan fingerprint density at radius 1 is 0.812 bits per heavy atom. The molecule has 0 amide bonds. The molecule has 1 saturated carbocycles. The van der Waals surface area contributed by atoms with E-state index >= 15 is 0 Å². The van der Waals surface area contributed by atoms with E-state index in [-0.39, 0.29) is 0 Å². The van der Waals surface area contributed by atoms with E-state index in [1.807, 2.05) is 0 Å². The first-order valence-electron chi connectivity index (χ1n) is 7.61. The maximum absolute atomic E-state index is 2.61. The number of hydrogen-bond donors (Lipinski definition) is 0. The van der Waals surface area contributed by atoms with Crippen LogP contribution in [0.1, 0.15) is 64.7 Å². The van der Waals surface area contributed by atoms with E-state index in [2.05, 4.69) is 11.8 Å². The van der Waals surface area contributed by atoms with Gasteiger partial charge in [0.05, 0.1) is 0 Å². The minimum atomic E-state index is 1.06. The molecule has 1 heterocycles. The van der Waals surface area contributed by atoms with Gasteiger partial charge in [-0.05, 0) is 44.3 Å². The molecule has 1 nitrogen and oxygen atoms in total. The molecule has 0 aromatic rings. The molecule has 16 heavy (non-hydrogen) atoms. The summed E-state index contributed by atoms with van der Waals surface area (Å²) in [5, 5.41) is 0. The number of piperidine rings is 1. The molecule has 0 bridgehead atoms. The third kappa shape index (κ3) is 3.76. The van der Waals surface area contributed by atoms with E-state index in [9.17, 15) is 0 Å². The molecule has 0 aromatic heterocycles. The van der Waals surface area contributed by atoms with Crippen molar-refractivity contribution in [2.75, 3.05) is 19.6 Å². The first-order valence-corrected chi connectivity index (χ1v) is 7.61.